The molecule has 1 unspecified atom stereocenters. The van der Waals surface area contributed by atoms with E-state index in [1.165, 1.54) is 0 Å². The second-order valence-corrected chi connectivity index (χ2v) is 6.07. The molecule has 0 fully saturated rings. The Hall–Kier alpha value is -1.49. The van der Waals surface area contributed by atoms with Gasteiger partial charge in [0.25, 0.3) is 5.91 Å². The Kier molecular flexibility index (Phi) is 6.31. The first-order valence-corrected chi connectivity index (χ1v) is 7.84. The molecule has 0 aliphatic rings. The van der Waals surface area contributed by atoms with Crippen molar-refractivity contribution in [3.63, 3.8) is 0 Å². The number of benzene rings is 1. The van der Waals surface area contributed by atoms with Crippen LogP contribution in [0.5, 0.6) is 0 Å². The molecule has 0 aliphatic carbocycles. The van der Waals surface area contributed by atoms with Crippen molar-refractivity contribution in [2.75, 3.05) is 20.1 Å². The average molecular weight is 342 g/mol. The molecule has 2 rings (SSSR count). The number of hydrogen-bond acceptors (Lipinski definition) is 2. The first-order chi connectivity index (χ1) is 10.5. The third-order valence-electron chi connectivity index (χ3n) is 3.25. The first-order valence-electron chi connectivity index (χ1n) is 7.09. The number of nitrogens with one attached hydrogen (secondary N) is 2. The molecule has 2 N–H and O–H groups in total. The van der Waals surface area contributed by atoms with Crippen molar-refractivity contribution in [3.05, 3.63) is 58.0 Å². The lowest BCUT2D eigenvalue weighted by Crippen LogP contribution is -3.08. The molecule has 1 aromatic heterocycles. The maximum absolute atomic E-state index is 11.9. The van der Waals surface area contributed by atoms with Crippen LogP contribution in [-0.4, -0.2) is 26.0 Å². The SMILES string of the molecule is C[NH+](CC(=O)NCCc1ccc(Cl)cc1Cl)Cc1ccco1. The van der Waals surface area contributed by atoms with Crippen LogP contribution in [0.4, 0.5) is 0 Å². The molecule has 0 saturated heterocycles. The van der Waals surface area contributed by atoms with E-state index in [1.54, 1.807) is 18.4 Å². The number of furan rings is 1. The van der Waals surface area contributed by atoms with Gasteiger partial charge < -0.3 is 14.6 Å². The molecule has 0 spiro atoms. The molecule has 0 radical (unpaired) electrons. The van der Waals surface area contributed by atoms with E-state index in [9.17, 15) is 4.79 Å². The van der Waals surface area contributed by atoms with Gasteiger partial charge in [0.2, 0.25) is 0 Å². The van der Waals surface area contributed by atoms with E-state index in [0.29, 0.717) is 36.1 Å². The highest BCUT2D eigenvalue weighted by atomic mass is 35.5. The molecule has 1 aromatic carbocycles. The van der Waals surface area contributed by atoms with Gasteiger partial charge in [-0.2, -0.15) is 0 Å². The monoisotopic (exact) mass is 341 g/mol. The lowest BCUT2D eigenvalue weighted by molar-refractivity contribution is -0.886. The number of hydrogen-bond donors (Lipinski definition) is 2. The van der Waals surface area contributed by atoms with E-state index in [-0.39, 0.29) is 5.91 Å². The van der Waals surface area contributed by atoms with Crippen LogP contribution in [-0.2, 0) is 17.8 Å². The van der Waals surface area contributed by atoms with Crippen molar-refractivity contribution in [1.29, 1.82) is 0 Å². The Bertz CT molecular complexity index is 615. The number of halogens is 2. The molecule has 6 heteroatoms. The van der Waals surface area contributed by atoms with E-state index in [1.807, 2.05) is 25.2 Å². The minimum absolute atomic E-state index is 0.00846. The molecule has 1 amide bonds. The van der Waals surface area contributed by atoms with Gasteiger partial charge in [-0.05, 0) is 36.2 Å². The molecule has 22 heavy (non-hydrogen) atoms. The van der Waals surface area contributed by atoms with Gasteiger partial charge in [0.15, 0.2) is 12.3 Å². The van der Waals surface area contributed by atoms with Crippen molar-refractivity contribution in [3.8, 4) is 0 Å². The molecule has 0 aliphatic heterocycles. The van der Waals surface area contributed by atoms with E-state index in [0.717, 1.165) is 16.2 Å². The number of rotatable bonds is 7. The van der Waals surface area contributed by atoms with Crippen LogP contribution < -0.4 is 10.2 Å². The van der Waals surface area contributed by atoms with Crippen LogP contribution in [0.25, 0.3) is 0 Å². The van der Waals surface area contributed by atoms with Gasteiger partial charge in [0.05, 0.1) is 13.3 Å². The van der Waals surface area contributed by atoms with Crippen LogP contribution in [0.3, 0.4) is 0 Å². The number of amides is 1. The fraction of sp³-hybridized carbons (Fsp3) is 0.312. The van der Waals surface area contributed by atoms with Crippen molar-refractivity contribution in [2.24, 2.45) is 0 Å². The zero-order valence-corrected chi connectivity index (χ0v) is 13.9. The zero-order valence-electron chi connectivity index (χ0n) is 12.4. The van der Waals surface area contributed by atoms with E-state index in [2.05, 4.69) is 5.32 Å². The average Bonchev–Trinajstić information content (AvgIpc) is 2.93. The fourth-order valence-electron chi connectivity index (χ4n) is 2.17. The highest BCUT2D eigenvalue weighted by Gasteiger charge is 2.11. The minimum Gasteiger partial charge on any atom is -0.463 e. The molecule has 1 atom stereocenters. The lowest BCUT2D eigenvalue weighted by atomic mass is 10.1. The van der Waals surface area contributed by atoms with Crippen molar-refractivity contribution in [2.45, 2.75) is 13.0 Å². The Morgan fingerprint density at radius 2 is 2.14 bits per heavy atom. The van der Waals surface area contributed by atoms with E-state index < -0.39 is 0 Å². The normalized spacial score (nSPS) is 12.1. The van der Waals surface area contributed by atoms with Crippen LogP contribution in [0, 0.1) is 0 Å². The van der Waals surface area contributed by atoms with Gasteiger partial charge in [0, 0.05) is 16.6 Å². The second kappa shape index (κ2) is 8.22. The molecule has 118 valence electrons. The topological polar surface area (TPSA) is 46.7 Å². The number of carbonyl (C=O) groups is 1. The standard InChI is InChI=1S/C16H18Cl2N2O2/c1-20(10-14-3-2-8-22-14)11-16(21)19-7-6-12-4-5-13(17)9-15(12)18/h2-5,8-9H,6-7,10-11H2,1H3,(H,19,21)/p+1. The Morgan fingerprint density at radius 1 is 1.32 bits per heavy atom. The Morgan fingerprint density at radius 3 is 2.82 bits per heavy atom. The summed E-state index contributed by atoms with van der Waals surface area (Å²) in [7, 11) is 1.96. The molecular weight excluding hydrogens is 323 g/mol. The quantitative estimate of drug-likeness (QED) is 0.808. The zero-order chi connectivity index (χ0) is 15.9. The number of carbonyl (C=O) groups excluding carboxylic acids is 1. The largest absolute Gasteiger partial charge is 0.463 e. The van der Waals surface area contributed by atoms with Crippen LogP contribution >= 0.6 is 23.2 Å². The Balaban J connectivity index is 1.71. The maximum Gasteiger partial charge on any atom is 0.275 e. The highest BCUT2D eigenvalue weighted by Crippen LogP contribution is 2.20. The van der Waals surface area contributed by atoms with Gasteiger partial charge in [0.1, 0.15) is 6.54 Å². The van der Waals surface area contributed by atoms with Gasteiger partial charge in [-0.25, -0.2) is 0 Å². The summed E-state index contributed by atoms with van der Waals surface area (Å²) in [5, 5.41) is 4.14. The van der Waals surface area contributed by atoms with Gasteiger partial charge in [-0.1, -0.05) is 29.3 Å². The summed E-state index contributed by atoms with van der Waals surface area (Å²) in [4.78, 5) is 13.0. The van der Waals surface area contributed by atoms with Gasteiger partial charge in [-0.15, -0.1) is 0 Å². The van der Waals surface area contributed by atoms with E-state index >= 15 is 0 Å². The van der Waals surface area contributed by atoms with Crippen LogP contribution in [0.15, 0.2) is 41.0 Å². The predicted molar refractivity (Wildman–Crippen MR) is 87.3 cm³/mol. The third kappa shape index (κ3) is 5.37. The van der Waals surface area contributed by atoms with Gasteiger partial charge in [-0.3, -0.25) is 4.79 Å². The summed E-state index contributed by atoms with van der Waals surface area (Å²) in [6, 6.07) is 9.14. The van der Waals surface area contributed by atoms with Gasteiger partial charge >= 0.3 is 0 Å². The van der Waals surface area contributed by atoms with Crippen LogP contribution in [0.2, 0.25) is 10.0 Å². The molecule has 4 nitrogen and oxygen atoms in total. The summed E-state index contributed by atoms with van der Waals surface area (Å²) >= 11 is 11.9. The number of quaternary nitrogens is 1. The van der Waals surface area contributed by atoms with Crippen molar-refractivity contribution < 1.29 is 14.1 Å². The van der Waals surface area contributed by atoms with Crippen LogP contribution in [0.1, 0.15) is 11.3 Å². The Labute approximate surface area is 140 Å². The highest BCUT2D eigenvalue weighted by molar-refractivity contribution is 6.35. The van der Waals surface area contributed by atoms with Crippen molar-refractivity contribution >= 4 is 29.1 Å². The molecule has 0 saturated carbocycles. The van der Waals surface area contributed by atoms with E-state index in [4.69, 9.17) is 27.6 Å². The number of likely N-dealkylation sites (N-methyl/N-ethyl adjacent to an activating group) is 1. The maximum atomic E-state index is 11.9. The summed E-state index contributed by atoms with van der Waals surface area (Å²) < 4.78 is 5.27. The molecule has 1 heterocycles. The molecule has 2 aromatic rings. The summed E-state index contributed by atoms with van der Waals surface area (Å²) in [5.74, 6) is 0.882. The summed E-state index contributed by atoms with van der Waals surface area (Å²) in [6.45, 7) is 1.63. The minimum atomic E-state index is 0.00846. The molecular formula is C16H19Cl2N2O2+. The lowest BCUT2D eigenvalue weighted by Gasteiger charge is -2.12. The third-order valence-corrected chi connectivity index (χ3v) is 3.84. The summed E-state index contributed by atoms with van der Waals surface area (Å²) in [6.07, 6.45) is 2.32. The smallest absolute Gasteiger partial charge is 0.275 e. The first kappa shape index (κ1) is 16.9. The molecule has 0 bridgehead atoms. The fourth-order valence-corrected chi connectivity index (χ4v) is 2.67. The van der Waals surface area contributed by atoms with Crippen molar-refractivity contribution in [1.82, 2.24) is 5.32 Å². The second-order valence-electron chi connectivity index (χ2n) is 5.23. The summed E-state index contributed by atoms with van der Waals surface area (Å²) in [5.41, 5.74) is 0.975. The predicted octanol–water partition coefficient (Wildman–Crippen LogP) is 1.96.